The molecule has 0 radical (unpaired) electrons. The summed E-state index contributed by atoms with van der Waals surface area (Å²) in [6.07, 6.45) is 8.67. The zero-order valence-corrected chi connectivity index (χ0v) is 28.2. The van der Waals surface area contributed by atoms with Crippen molar-refractivity contribution in [3.8, 4) is 11.1 Å². The van der Waals surface area contributed by atoms with Crippen LogP contribution in [0.2, 0.25) is 0 Å². The second-order valence-electron chi connectivity index (χ2n) is 12.9. The predicted molar refractivity (Wildman–Crippen MR) is 187 cm³/mol. The predicted octanol–water partition coefficient (Wildman–Crippen LogP) is 4.58. The highest BCUT2D eigenvalue weighted by Crippen LogP contribution is 2.27. The molecule has 2 aliphatic rings. The molecule has 258 valence electrons. The van der Waals surface area contributed by atoms with Crippen molar-refractivity contribution in [1.29, 1.82) is 0 Å². The molecule has 0 aromatic heterocycles. The van der Waals surface area contributed by atoms with Gasteiger partial charge in [0, 0.05) is 25.4 Å². The molecule has 0 unspecified atom stereocenters. The summed E-state index contributed by atoms with van der Waals surface area (Å²) in [5.74, 6) is -1.70. The van der Waals surface area contributed by atoms with E-state index in [1.165, 1.54) is 17.0 Å². The lowest BCUT2D eigenvalue weighted by Gasteiger charge is -2.36. The zero-order valence-electron chi connectivity index (χ0n) is 28.2. The molecule has 49 heavy (non-hydrogen) atoms. The molecule has 0 bridgehead atoms. The molecular weight excluding hydrogens is 621 g/mol. The lowest BCUT2D eigenvalue weighted by molar-refractivity contribution is -0.143. The maximum absolute atomic E-state index is 14.0. The first kappa shape index (κ1) is 35.5. The van der Waals surface area contributed by atoms with Gasteiger partial charge in [-0.3, -0.25) is 19.2 Å². The van der Waals surface area contributed by atoms with Crippen LogP contribution in [0.4, 0.5) is 4.39 Å². The molecule has 9 nitrogen and oxygen atoms in total. The monoisotopic (exact) mass is 667 g/mol. The largest absolute Gasteiger partial charge is 0.345 e. The molecule has 1 heterocycles. The van der Waals surface area contributed by atoms with Crippen LogP contribution in [0.25, 0.3) is 11.1 Å². The third-order valence-corrected chi connectivity index (χ3v) is 9.59. The molecular formula is C39H46FN5O4. The van der Waals surface area contributed by atoms with Crippen molar-refractivity contribution in [1.82, 2.24) is 25.8 Å². The van der Waals surface area contributed by atoms with Crippen LogP contribution in [-0.2, 0) is 32.0 Å². The summed E-state index contributed by atoms with van der Waals surface area (Å²) in [4.78, 5) is 57.0. The SMILES string of the molecule is CN[C@@H](C)C(=O)N[C@H](C(=O)NCC(=O)N1C=CN(CCc2ccc(F)cc2)C(=O)[C@@H]1Cc1ccc(-c2ccccc2)cc1)C1CCCCC1. The minimum Gasteiger partial charge on any atom is -0.345 e. The van der Waals surface area contributed by atoms with Gasteiger partial charge >= 0.3 is 0 Å². The summed E-state index contributed by atoms with van der Waals surface area (Å²) in [6.45, 7) is 1.76. The van der Waals surface area contributed by atoms with Crippen molar-refractivity contribution in [3.63, 3.8) is 0 Å². The van der Waals surface area contributed by atoms with Gasteiger partial charge in [0.25, 0.3) is 0 Å². The average molecular weight is 668 g/mol. The summed E-state index contributed by atoms with van der Waals surface area (Å²) in [5.41, 5.74) is 3.89. The van der Waals surface area contributed by atoms with Gasteiger partial charge in [-0.1, -0.05) is 86.0 Å². The maximum Gasteiger partial charge on any atom is 0.250 e. The van der Waals surface area contributed by atoms with Crippen LogP contribution in [0.15, 0.2) is 91.3 Å². The van der Waals surface area contributed by atoms with E-state index < -0.39 is 29.9 Å². The Morgan fingerprint density at radius 1 is 0.837 bits per heavy atom. The Hall–Kier alpha value is -4.83. The highest BCUT2D eigenvalue weighted by Gasteiger charge is 2.36. The fraction of sp³-hybridized carbons (Fsp3) is 0.385. The van der Waals surface area contributed by atoms with Crippen LogP contribution < -0.4 is 16.0 Å². The topological polar surface area (TPSA) is 111 Å². The van der Waals surface area contributed by atoms with E-state index in [2.05, 4.69) is 16.0 Å². The number of carbonyl (C=O) groups excluding carboxylic acids is 4. The van der Waals surface area contributed by atoms with Crippen LogP contribution in [0.5, 0.6) is 0 Å². The number of hydrogen-bond donors (Lipinski definition) is 3. The van der Waals surface area contributed by atoms with E-state index in [9.17, 15) is 23.6 Å². The summed E-state index contributed by atoms with van der Waals surface area (Å²) in [5, 5.41) is 8.59. The van der Waals surface area contributed by atoms with Crippen molar-refractivity contribution in [2.45, 2.75) is 70.0 Å². The van der Waals surface area contributed by atoms with Crippen molar-refractivity contribution >= 4 is 23.6 Å². The van der Waals surface area contributed by atoms with Gasteiger partial charge < -0.3 is 25.8 Å². The lowest BCUT2D eigenvalue weighted by atomic mass is 9.83. The Labute approximate surface area is 287 Å². The Kier molecular flexibility index (Phi) is 12.3. The third kappa shape index (κ3) is 9.41. The van der Waals surface area contributed by atoms with E-state index in [4.69, 9.17) is 0 Å². The standard InChI is InChI=1S/C39H46FN5O4/c1-27(41-2)37(47)43-36(32-11-7-4-8-12-32)38(48)42-26-35(46)45-24-23-44(22-21-28-15-19-33(40)20-16-28)39(49)34(45)25-29-13-17-31(18-14-29)30-9-5-3-6-10-30/h3,5-6,9-10,13-20,23-24,27,32,34,36,41H,4,7-8,11-12,21-22,25-26H2,1-2H3,(H,42,48)(H,43,47)/t27-,34-,36-/m0/s1. The molecule has 3 aromatic rings. The molecule has 10 heteroatoms. The first-order valence-electron chi connectivity index (χ1n) is 17.2. The lowest BCUT2D eigenvalue weighted by Crippen LogP contribution is -2.57. The molecule has 4 amide bonds. The Morgan fingerprint density at radius 3 is 2.16 bits per heavy atom. The average Bonchev–Trinajstić information content (AvgIpc) is 3.14. The van der Waals surface area contributed by atoms with Gasteiger partial charge in [0.2, 0.25) is 23.6 Å². The van der Waals surface area contributed by atoms with Crippen molar-refractivity contribution < 1.29 is 23.6 Å². The highest BCUT2D eigenvalue weighted by atomic mass is 19.1. The molecule has 1 aliphatic carbocycles. The number of hydrogen-bond acceptors (Lipinski definition) is 5. The number of halogens is 1. The molecule has 5 rings (SSSR count). The van der Waals surface area contributed by atoms with E-state index >= 15 is 0 Å². The maximum atomic E-state index is 14.0. The van der Waals surface area contributed by atoms with Gasteiger partial charge in [-0.2, -0.15) is 0 Å². The van der Waals surface area contributed by atoms with Crippen LogP contribution >= 0.6 is 0 Å². The van der Waals surface area contributed by atoms with Crippen LogP contribution in [-0.4, -0.2) is 71.7 Å². The van der Waals surface area contributed by atoms with Gasteiger partial charge in [0.1, 0.15) is 17.9 Å². The van der Waals surface area contributed by atoms with E-state index in [-0.39, 0.29) is 36.5 Å². The van der Waals surface area contributed by atoms with E-state index in [0.717, 1.165) is 54.4 Å². The summed E-state index contributed by atoms with van der Waals surface area (Å²) >= 11 is 0. The number of benzene rings is 3. The van der Waals surface area contributed by atoms with Crippen LogP contribution in [0.3, 0.4) is 0 Å². The van der Waals surface area contributed by atoms with Gasteiger partial charge in [-0.15, -0.1) is 0 Å². The summed E-state index contributed by atoms with van der Waals surface area (Å²) < 4.78 is 13.4. The summed E-state index contributed by atoms with van der Waals surface area (Å²) in [6, 6.07) is 22.0. The number of amides is 4. The molecule has 3 aromatic carbocycles. The van der Waals surface area contributed by atoms with Gasteiger partial charge in [-0.25, -0.2) is 4.39 Å². The fourth-order valence-electron chi connectivity index (χ4n) is 6.49. The van der Waals surface area contributed by atoms with Crippen molar-refractivity contribution in [3.05, 3.63) is 108 Å². The molecule has 1 fully saturated rings. The molecule has 3 atom stereocenters. The molecule has 0 saturated heterocycles. The number of likely N-dealkylation sites (N-methyl/N-ethyl adjacent to an activating group) is 1. The van der Waals surface area contributed by atoms with E-state index in [1.807, 2.05) is 54.6 Å². The number of carbonyl (C=O) groups is 4. The highest BCUT2D eigenvalue weighted by molar-refractivity contribution is 5.94. The second kappa shape index (κ2) is 17.0. The molecule has 1 aliphatic heterocycles. The zero-order chi connectivity index (χ0) is 34.8. The second-order valence-corrected chi connectivity index (χ2v) is 12.9. The van der Waals surface area contributed by atoms with E-state index in [0.29, 0.717) is 13.0 Å². The Bertz CT molecular complexity index is 1610. The molecule has 3 N–H and O–H groups in total. The summed E-state index contributed by atoms with van der Waals surface area (Å²) in [7, 11) is 1.68. The quantitative estimate of drug-likeness (QED) is 0.247. The molecule has 1 saturated carbocycles. The van der Waals surface area contributed by atoms with E-state index in [1.54, 1.807) is 43.4 Å². The first-order valence-corrected chi connectivity index (χ1v) is 17.2. The first-order chi connectivity index (χ1) is 23.7. The third-order valence-electron chi connectivity index (χ3n) is 9.59. The normalized spacial score (nSPS) is 17.8. The van der Waals surface area contributed by atoms with Gasteiger partial charge in [-0.05, 0) is 73.5 Å². The Balaban J connectivity index is 1.31. The van der Waals surface area contributed by atoms with Gasteiger partial charge in [0.05, 0.1) is 12.6 Å². The number of rotatable bonds is 13. The minimum absolute atomic E-state index is 0.0189. The van der Waals surface area contributed by atoms with Gasteiger partial charge in [0.15, 0.2) is 0 Å². The Morgan fingerprint density at radius 2 is 1.49 bits per heavy atom. The molecule has 0 spiro atoms. The number of nitrogens with zero attached hydrogens (tertiary/aromatic N) is 2. The number of nitrogens with one attached hydrogen (secondary N) is 3. The minimum atomic E-state index is -0.837. The fourth-order valence-corrected chi connectivity index (χ4v) is 6.49. The smallest absolute Gasteiger partial charge is 0.250 e. The van der Waals surface area contributed by atoms with Crippen molar-refractivity contribution in [2.75, 3.05) is 20.1 Å². The van der Waals surface area contributed by atoms with Crippen LogP contribution in [0.1, 0.15) is 50.2 Å². The van der Waals surface area contributed by atoms with Crippen LogP contribution in [0, 0.1) is 11.7 Å². The van der Waals surface area contributed by atoms with Crippen molar-refractivity contribution in [2.24, 2.45) is 5.92 Å².